The van der Waals surface area contributed by atoms with Crippen LogP contribution >= 0.6 is 0 Å². The molecule has 1 saturated heterocycles. The molecule has 0 saturated carbocycles. The SMILES string of the molecule is CCOC(=O)C1(C(=O)OCC)N[C@@]2(C(=O)N(Cc3c4ccccc4cc4ccccc34)c3ccccc32)[C@H](C(=O)OC)[C@@H]1C(=O)OC. The third-order valence-electron chi connectivity index (χ3n) is 9.17. The highest BCUT2D eigenvalue weighted by Crippen LogP contribution is 2.56. The maximum atomic E-state index is 15.2. The molecule has 1 amide bonds. The van der Waals surface area contributed by atoms with Gasteiger partial charge in [0.25, 0.3) is 5.91 Å². The molecule has 1 N–H and O–H groups in total. The fourth-order valence-electron chi connectivity index (χ4n) is 7.27. The normalized spacial score (nSPS) is 21.1. The van der Waals surface area contributed by atoms with Crippen LogP contribution in [0.15, 0.2) is 78.9 Å². The molecule has 242 valence electrons. The second-order valence-electron chi connectivity index (χ2n) is 11.4. The van der Waals surface area contributed by atoms with Crippen molar-refractivity contribution in [2.75, 3.05) is 32.3 Å². The van der Waals surface area contributed by atoms with Crippen LogP contribution in [0.1, 0.15) is 25.0 Å². The number of nitrogens with one attached hydrogen (secondary N) is 1. The molecular formula is C36H34N2O9. The molecule has 6 rings (SSSR count). The Morgan fingerprint density at radius 1 is 0.745 bits per heavy atom. The van der Waals surface area contributed by atoms with Crippen molar-refractivity contribution in [3.63, 3.8) is 0 Å². The maximum absolute atomic E-state index is 15.2. The predicted molar refractivity (Wildman–Crippen MR) is 171 cm³/mol. The lowest BCUT2D eigenvalue weighted by Gasteiger charge is -2.31. The topological polar surface area (TPSA) is 138 Å². The summed E-state index contributed by atoms with van der Waals surface area (Å²) in [5, 5.41) is 6.71. The highest BCUT2D eigenvalue weighted by Gasteiger charge is 2.79. The van der Waals surface area contributed by atoms with Gasteiger partial charge in [-0.3, -0.25) is 19.7 Å². The van der Waals surface area contributed by atoms with E-state index in [-0.39, 0.29) is 25.3 Å². The minimum absolute atomic E-state index is 0.0593. The lowest BCUT2D eigenvalue weighted by molar-refractivity contribution is -0.175. The Morgan fingerprint density at radius 3 is 1.81 bits per heavy atom. The van der Waals surface area contributed by atoms with Crippen molar-refractivity contribution in [1.82, 2.24) is 5.32 Å². The summed E-state index contributed by atoms with van der Waals surface area (Å²) in [6, 6.07) is 24.5. The Morgan fingerprint density at radius 2 is 1.26 bits per heavy atom. The van der Waals surface area contributed by atoms with Gasteiger partial charge in [0.05, 0.1) is 34.0 Å². The van der Waals surface area contributed by atoms with Crippen LogP contribution in [0, 0.1) is 11.8 Å². The number of carbonyl (C=O) groups excluding carboxylic acids is 5. The number of benzene rings is 4. The van der Waals surface area contributed by atoms with E-state index in [1.165, 1.54) is 18.7 Å². The highest BCUT2D eigenvalue weighted by atomic mass is 16.6. The first-order chi connectivity index (χ1) is 22.7. The number of ether oxygens (including phenoxy) is 4. The van der Waals surface area contributed by atoms with Gasteiger partial charge in [0.1, 0.15) is 17.4 Å². The van der Waals surface area contributed by atoms with Gasteiger partial charge in [0, 0.05) is 11.3 Å². The number of amides is 1. The van der Waals surface area contributed by atoms with Crippen molar-refractivity contribution in [1.29, 1.82) is 0 Å². The van der Waals surface area contributed by atoms with E-state index in [2.05, 4.69) is 11.4 Å². The van der Waals surface area contributed by atoms with E-state index in [1.807, 2.05) is 48.5 Å². The summed E-state index contributed by atoms with van der Waals surface area (Å²) in [4.78, 5) is 72.1. The Bertz CT molecular complexity index is 1870. The van der Waals surface area contributed by atoms with Crippen LogP contribution in [0.3, 0.4) is 0 Å². The molecule has 11 heteroatoms. The number of methoxy groups -OCH3 is 2. The molecule has 4 aromatic rings. The highest BCUT2D eigenvalue weighted by molar-refractivity contribution is 6.18. The Kier molecular flexibility index (Phi) is 8.19. The lowest BCUT2D eigenvalue weighted by Crippen LogP contribution is -2.65. The smallest absolute Gasteiger partial charge is 0.339 e. The van der Waals surface area contributed by atoms with Crippen molar-refractivity contribution in [3.8, 4) is 0 Å². The second kappa shape index (κ2) is 12.1. The van der Waals surface area contributed by atoms with Crippen LogP contribution in [0.5, 0.6) is 0 Å². The largest absolute Gasteiger partial charge is 0.469 e. The van der Waals surface area contributed by atoms with E-state index in [0.717, 1.165) is 41.3 Å². The van der Waals surface area contributed by atoms with Gasteiger partial charge in [0.2, 0.25) is 5.54 Å². The summed E-state index contributed by atoms with van der Waals surface area (Å²) in [6.45, 7) is 2.77. The van der Waals surface area contributed by atoms with Gasteiger partial charge in [-0.2, -0.15) is 0 Å². The number of para-hydroxylation sites is 1. The van der Waals surface area contributed by atoms with Crippen molar-refractivity contribution in [2.24, 2.45) is 11.8 Å². The average molecular weight is 639 g/mol. The first kappa shape index (κ1) is 31.7. The molecule has 2 aliphatic rings. The van der Waals surface area contributed by atoms with Gasteiger partial charge < -0.3 is 23.8 Å². The van der Waals surface area contributed by atoms with Crippen LogP contribution < -0.4 is 10.2 Å². The summed E-state index contributed by atoms with van der Waals surface area (Å²) in [6.07, 6.45) is 0. The number of nitrogens with zero attached hydrogens (tertiary/aromatic N) is 1. The first-order valence-electron chi connectivity index (χ1n) is 15.3. The molecule has 0 radical (unpaired) electrons. The standard InChI is InChI=1S/C36H34N2O9/c1-5-46-33(42)36(34(43)47-6-2)29(31(40)45-4)28(30(39)44-3)35(37-36)26-17-11-12-18-27(26)38(32(35)41)20-25-23-15-9-7-13-21(23)19-22-14-8-10-16-24(22)25/h7-19,28-29,37H,5-6,20H2,1-4H3/t28-,29+,35+/m0/s1. The van der Waals surface area contributed by atoms with Gasteiger partial charge in [-0.25, -0.2) is 9.59 Å². The number of esters is 4. The number of fused-ring (bicyclic) bond motifs is 4. The predicted octanol–water partition coefficient (Wildman–Crippen LogP) is 3.78. The zero-order valence-electron chi connectivity index (χ0n) is 26.4. The molecule has 47 heavy (non-hydrogen) atoms. The third-order valence-corrected chi connectivity index (χ3v) is 9.17. The molecule has 2 aliphatic heterocycles. The number of hydrogen-bond acceptors (Lipinski definition) is 10. The van der Waals surface area contributed by atoms with Gasteiger partial charge in [-0.1, -0.05) is 66.7 Å². The summed E-state index contributed by atoms with van der Waals surface area (Å²) in [5.74, 6) is -8.80. The Balaban J connectivity index is 1.62. The van der Waals surface area contributed by atoms with Crippen molar-refractivity contribution in [3.05, 3.63) is 90.0 Å². The van der Waals surface area contributed by atoms with Gasteiger partial charge in [-0.15, -0.1) is 0 Å². The fraction of sp³-hybridized carbons (Fsp3) is 0.306. The van der Waals surface area contributed by atoms with Gasteiger partial charge in [-0.05, 0) is 53.1 Å². The van der Waals surface area contributed by atoms with Crippen LogP contribution in [-0.2, 0) is 55.0 Å². The van der Waals surface area contributed by atoms with Crippen LogP contribution in [-0.4, -0.2) is 62.8 Å². The summed E-state index contributed by atoms with van der Waals surface area (Å²) in [5.41, 5.74) is -3.24. The molecule has 1 spiro atoms. The Labute approximate surface area is 270 Å². The van der Waals surface area contributed by atoms with Crippen LogP contribution in [0.2, 0.25) is 0 Å². The average Bonchev–Trinajstić information content (AvgIpc) is 3.54. The quantitative estimate of drug-likeness (QED) is 0.131. The number of rotatable bonds is 8. The number of anilines is 1. The molecule has 2 heterocycles. The van der Waals surface area contributed by atoms with Crippen molar-refractivity contribution < 1.29 is 42.9 Å². The molecule has 3 atom stereocenters. The van der Waals surface area contributed by atoms with E-state index < -0.39 is 52.7 Å². The molecule has 4 aromatic carbocycles. The maximum Gasteiger partial charge on any atom is 0.339 e. The number of carbonyl (C=O) groups is 5. The molecular weight excluding hydrogens is 604 g/mol. The van der Waals surface area contributed by atoms with E-state index in [4.69, 9.17) is 18.9 Å². The van der Waals surface area contributed by atoms with E-state index in [9.17, 15) is 19.2 Å². The van der Waals surface area contributed by atoms with E-state index in [1.54, 1.807) is 24.3 Å². The van der Waals surface area contributed by atoms with Crippen LogP contribution in [0.25, 0.3) is 21.5 Å². The molecule has 0 aromatic heterocycles. The third kappa shape index (κ3) is 4.56. The minimum atomic E-state index is -2.64. The summed E-state index contributed by atoms with van der Waals surface area (Å²) < 4.78 is 21.0. The van der Waals surface area contributed by atoms with Crippen molar-refractivity contribution in [2.45, 2.75) is 31.5 Å². The van der Waals surface area contributed by atoms with E-state index >= 15 is 4.79 Å². The summed E-state index contributed by atoms with van der Waals surface area (Å²) in [7, 11) is 2.16. The Hall–Kier alpha value is -5.29. The molecule has 0 aliphatic carbocycles. The molecule has 1 fully saturated rings. The van der Waals surface area contributed by atoms with Crippen molar-refractivity contribution >= 4 is 57.0 Å². The molecule has 11 nitrogen and oxygen atoms in total. The van der Waals surface area contributed by atoms with E-state index in [0.29, 0.717) is 5.69 Å². The summed E-state index contributed by atoms with van der Waals surface area (Å²) >= 11 is 0. The number of hydrogen-bond donors (Lipinski definition) is 1. The van der Waals surface area contributed by atoms with Gasteiger partial charge >= 0.3 is 23.9 Å². The fourth-order valence-corrected chi connectivity index (χ4v) is 7.27. The molecule has 0 unspecified atom stereocenters. The first-order valence-corrected chi connectivity index (χ1v) is 15.3. The van der Waals surface area contributed by atoms with Gasteiger partial charge in [0.15, 0.2) is 0 Å². The zero-order valence-corrected chi connectivity index (χ0v) is 26.4. The zero-order chi connectivity index (χ0) is 33.5. The lowest BCUT2D eigenvalue weighted by atomic mass is 9.72. The minimum Gasteiger partial charge on any atom is -0.469 e. The van der Waals surface area contributed by atoms with Crippen LogP contribution in [0.4, 0.5) is 5.69 Å². The second-order valence-corrected chi connectivity index (χ2v) is 11.4. The monoisotopic (exact) mass is 638 g/mol. The molecule has 0 bridgehead atoms.